The molecular weight excluding hydrogens is 264 g/mol. The van der Waals surface area contributed by atoms with Crippen LogP contribution in [0.15, 0.2) is 42.5 Å². The van der Waals surface area contributed by atoms with Crippen molar-refractivity contribution < 1.29 is 10.2 Å². The molecule has 0 aliphatic heterocycles. The third-order valence-corrected chi connectivity index (χ3v) is 3.48. The second-order valence-corrected chi connectivity index (χ2v) is 6.10. The lowest BCUT2D eigenvalue weighted by Gasteiger charge is -2.25. The van der Waals surface area contributed by atoms with Crippen LogP contribution >= 0.6 is 0 Å². The number of aromatic nitrogens is 2. The first-order valence-electron chi connectivity index (χ1n) is 6.89. The van der Waals surface area contributed by atoms with Crippen molar-refractivity contribution in [2.75, 3.05) is 0 Å². The number of fused-ring (bicyclic) bond motifs is 1. The SMILES string of the molecule is CC(C)(C)n1c(-c2c(O)cccc2O)nc2ccccc21. The monoisotopic (exact) mass is 282 g/mol. The molecule has 0 radical (unpaired) electrons. The van der Waals surface area contributed by atoms with E-state index in [-0.39, 0.29) is 17.0 Å². The standard InChI is InChI=1S/C17H18N2O2/c1-17(2,3)19-12-8-5-4-7-11(12)18-16(19)15-13(20)9-6-10-14(15)21/h4-10,20-21H,1-3H3. The fraction of sp³-hybridized carbons (Fsp3) is 0.235. The molecule has 0 spiro atoms. The highest BCUT2D eigenvalue weighted by atomic mass is 16.3. The molecule has 0 saturated heterocycles. The first-order chi connectivity index (χ1) is 9.89. The molecule has 4 nitrogen and oxygen atoms in total. The van der Waals surface area contributed by atoms with E-state index in [1.165, 1.54) is 0 Å². The molecule has 0 amide bonds. The summed E-state index contributed by atoms with van der Waals surface area (Å²) in [7, 11) is 0. The van der Waals surface area contributed by atoms with Crippen LogP contribution in [0.4, 0.5) is 0 Å². The first-order valence-corrected chi connectivity index (χ1v) is 6.89. The Labute approximate surface area is 123 Å². The van der Waals surface area contributed by atoms with Crippen LogP contribution in [0.2, 0.25) is 0 Å². The molecule has 2 aromatic carbocycles. The minimum Gasteiger partial charge on any atom is -0.507 e. The molecule has 4 heteroatoms. The minimum absolute atomic E-state index is 0.0239. The van der Waals surface area contributed by atoms with Gasteiger partial charge in [0.1, 0.15) is 22.9 Å². The molecule has 1 heterocycles. The fourth-order valence-corrected chi connectivity index (χ4v) is 2.63. The summed E-state index contributed by atoms with van der Waals surface area (Å²) in [5.41, 5.74) is 1.94. The molecule has 0 aliphatic carbocycles. The van der Waals surface area contributed by atoms with Crippen LogP contribution in [-0.4, -0.2) is 19.8 Å². The van der Waals surface area contributed by atoms with E-state index in [9.17, 15) is 10.2 Å². The van der Waals surface area contributed by atoms with Crippen LogP contribution in [0.25, 0.3) is 22.4 Å². The zero-order chi connectivity index (χ0) is 15.2. The van der Waals surface area contributed by atoms with Gasteiger partial charge in [-0.15, -0.1) is 0 Å². The van der Waals surface area contributed by atoms with Gasteiger partial charge in [0.2, 0.25) is 0 Å². The highest BCUT2D eigenvalue weighted by Gasteiger charge is 2.25. The van der Waals surface area contributed by atoms with E-state index in [2.05, 4.69) is 25.8 Å². The van der Waals surface area contributed by atoms with Crippen molar-refractivity contribution in [2.45, 2.75) is 26.3 Å². The molecule has 3 rings (SSSR count). The second-order valence-electron chi connectivity index (χ2n) is 6.10. The first kappa shape index (κ1) is 13.5. The lowest BCUT2D eigenvalue weighted by molar-refractivity contribution is 0.408. The molecule has 1 aromatic heterocycles. The molecule has 0 saturated carbocycles. The van der Waals surface area contributed by atoms with Crippen LogP contribution < -0.4 is 0 Å². The van der Waals surface area contributed by atoms with Gasteiger partial charge in [-0.05, 0) is 45.0 Å². The molecule has 0 fully saturated rings. The minimum atomic E-state index is -0.236. The molecule has 0 atom stereocenters. The zero-order valence-corrected chi connectivity index (χ0v) is 12.3. The lowest BCUT2D eigenvalue weighted by Crippen LogP contribution is -2.22. The van der Waals surface area contributed by atoms with E-state index >= 15 is 0 Å². The van der Waals surface area contributed by atoms with Crippen LogP contribution in [0.3, 0.4) is 0 Å². The largest absolute Gasteiger partial charge is 0.507 e. The van der Waals surface area contributed by atoms with E-state index in [4.69, 9.17) is 0 Å². The van der Waals surface area contributed by atoms with Crippen molar-refractivity contribution in [1.82, 2.24) is 9.55 Å². The lowest BCUT2D eigenvalue weighted by atomic mass is 10.1. The number of aromatic hydroxyl groups is 2. The highest BCUT2D eigenvalue weighted by Crippen LogP contribution is 2.40. The molecule has 0 bridgehead atoms. The maximum Gasteiger partial charge on any atom is 0.149 e. The van der Waals surface area contributed by atoms with Gasteiger partial charge in [0.25, 0.3) is 0 Å². The van der Waals surface area contributed by atoms with E-state index in [1.54, 1.807) is 18.2 Å². The molecular formula is C17H18N2O2. The summed E-state index contributed by atoms with van der Waals surface area (Å²) in [6.45, 7) is 6.21. The van der Waals surface area contributed by atoms with Crippen LogP contribution in [0.5, 0.6) is 11.5 Å². The summed E-state index contributed by atoms with van der Waals surface area (Å²) < 4.78 is 2.04. The van der Waals surface area contributed by atoms with E-state index in [0.29, 0.717) is 11.4 Å². The third-order valence-electron chi connectivity index (χ3n) is 3.48. The third kappa shape index (κ3) is 2.13. The second kappa shape index (κ2) is 4.52. The van der Waals surface area contributed by atoms with Crippen LogP contribution in [0.1, 0.15) is 20.8 Å². The van der Waals surface area contributed by atoms with Crippen molar-refractivity contribution in [3.63, 3.8) is 0 Å². The quantitative estimate of drug-likeness (QED) is 0.712. The number of para-hydroxylation sites is 2. The number of benzene rings is 2. The van der Waals surface area contributed by atoms with Crippen LogP contribution in [0, 0.1) is 0 Å². The molecule has 3 aromatic rings. The number of imidazole rings is 1. The molecule has 21 heavy (non-hydrogen) atoms. The summed E-state index contributed by atoms with van der Waals surface area (Å²) >= 11 is 0. The van der Waals surface area contributed by atoms with E-state index in [1.807, 2.05) is 28.8 Å². The number of rotatable bonds is 1. The van der Waals surface area contributed by atoms with Gasteiger partial charge in [-0.3, -0.25) is 0 Å². The number of hydrogen-bond acceptors (Lipinski definition) is 3. The average molecular weight is 282 g/mol. The summed E-state index contributed by atoms with van der Waals surface area (Å²) in [6.07, 6.45) is 0. The van der Waals surface area contributed by atoms with Crippen molar-refractivity contribution >= 4 is 11.0 Å². The fourth-order valence-electron chi connectivity index (χ4n) is 2.63. The van der Waals surface area contributed by atoms with Gasteiger partial charge in [-0.25, -0.2) is 4.98 Å². The number of phenols is 2. The Balaban J connectivity index is 2.43. The van der Waals surface area contributed by atoms with Gasteiger partial charge in [0.05, 0.1) is 11.0 Å². The van der Waals surface area contributed by atoms with Gasteiger partial charge in [-0.2, -0.15) is 0 Å². The Kier molecular flexibility index (Phi) is 2.90. The Hall–Kier alpha value is -2.49. The number of hydrogen-bond donors (Lipinski definition) is 2. The molecule has 0 aliphatic rings. The van der Waals surface area contributed by atoms with Gasteiger partial charge in [0, 0.05) is 5.54 Å². The zero-order valence-electron chi connectivity index (χ0n) is 12.3. The van der Waals surface area contributed by atoms with Crippen molar-refractivity contribution in [3.8, 4) is 22.9 Å². The van der Waals surface area contributed by atoms with E-state index < -0.39 is 0 Å². The topological polar surface area (TPSA) is 58.3 Å². The average Bonchev–Trinajstić information content (AvgIpc) is 2.77. The smallest absolute Gasteiger partial charge is 0.149 e. The van der Waals surface area contributed by atoms with Gasteiger partial charge in [0.15, 0.2) is 0 Å². The van der Waals surface area contributed by atoms with Gasteiger partial charge < -0.3 is 14.8 Å². The Bertz CT molecular complexity index is 793. The Morgan fingerprint density at radius 3 is 2.14 bits per heavy atom. The van der Waals surface area contributed by atoms with Crippen molar-refractivity contribution in [2.24, 2.45) is 0 Å². The Morgan fingerprint density at radius 1 is 0.905 bits per heavy atom. The molecule has 108 valence electrons. The normalized spacial score (nSPS) is 12.0. The Morgan fingerprint density at radius 2 is 1.52 bits per heavy atom. The van der Waals surface area contributed by atoms with Gasteiger partial charge in [-0.1, -0.05) is 18.2 Å². The summed E-state index contributed by atoms with van der Waals surface area (Å²) in [4.78, 5) is 4.61. The summed E-state index contributed by atoms with van der Waals surface area (Å²) in [5, 5.41) is 20.3. The molecule has 2 N–H and O–H groups in total. The predicted molar refractivity (Wildman–Crippen MR) is 83.5 cm³/mol. The maximum atomic E-state index is 10.1. The number of phenolic OH excluding ortho intramolecular Hbond substituents is 2. The van der Waals surface area contributed by atoms with Crippen molar-refractivity contribution in [3.05, 3.63) is 42.5 Å². The van der Waals surface area contributed by atoms with Crippen LogP contribution in [-0.2, 0) is 5.54 Å². The number of nitrogens with zero attached hydrogens (tertiary/aromatic N) is 2. The summed E-state index contributed by atoms with van der Waals surface area (Å²) in [6, 6.07) is 12.5. The highest BCUT2D eigenvalue weighted by molar-refractivity contribution is 5.84. The summed E-state index contributed by atoms with van der Waals surface area (Å²) in [5.74, 6) is 0.617. The predicted octanol–water partition coefficient (Wildman–Crippen LogP) is 3.87. The van der Waals surface area contributed by atoms with E-state index in [0.717, 1.165) is 11.0 Å². The van der Waals surface area contributed by atoms with Crippen molar-refractivity contribution in [1.29, 1.82) is 0 Å². The maximum absolute atomic E-state index is 10.1. The van der Waals surface area contributed by atoms with Gasteiger partial charge >= 0.3 is 0 Å². The molecule has 0 unspecified atom stereocenters.